The van der Waals surface area contributed by atoms with E-state index in [9.17, 15) is 0 Å². The molecule has 0 amide bonds. The fourth-order valence-corrected chi connectivity index (χ4v) is 3.49. The fourth-order valence-electron chi connectivity index (χ4n) is 3.49. The molecule has 30 heavy (non-hydrogen) atoms. The van der Waals surface area contributed by atoms with Gasteiger partial charge in [-0.05, 0) is 40.5 Å². The van der Waals surface area contributed by atoms with Crippen LogP contribution in [0.15, 0.2) is 116 Å². The molecule has 5 aromatic rings. The van der Waals surface area contributed by atoms with Crippen LogP contribution >= 0.6 is 0 Å². The van der Waals surface area contributed by atoms with Crippen LogP contribution in [0.5, 0.6) is 0 Å². The van der Waals surface area contributed by atoms with Crippen molar-refractivity contribution in [3.8, 4) is 44.9 Å². The minimum atomic E-state index is 0.718. The zero-order chi connectivity index (χ0) is 20.2. The summed E-state index contributed by atoms with van der Waals surface area (Å²) < 4.78 is 0. The molecule has 0 N–H and O–H groups in total. The largest absolute Gasteiger partial charge is 0.264 e. The highest BCUT2D eigenvalue weighted by molar-refractivity contribution is 5.73. The van der Waals surface area contributed by atoms with Crippen molar-refractivity contribution >= 4 is 0 Å². The van der Waals surface area contributed by atoms with Gasteiger partial charge in [0, 0.05) is 29.7 Å². The van der Waals surface area contributed by atoms with E-state index in [1.54, 1.807) is 6.20 Å². The van der Waals surface area contributed by atoms with Crippen molar-refractivity contribution in [2.75, 3.05) is 0 Å². The van der Waals surface area contributed by atoms with Crippen molar-refractivity contribution in [1.29, 1.82) is 0 Å². The first-order chi connectivity index (χ1) is 14.9. The average molecular weight is 385 g/mol. The lowest BCUT2D eigenvalue weighted by Crippen LogP contribution is -1.92. The van der Waals surface area contributed by atoms with E-state index in [2.05, 4.69) is 88.8 Å². The highest BCUT2D eigenvalue weighted by atomic mass is 14.9. The summed E-state index contributed by atoms with van der Waals surface area (Å²) in [5, 5.41) is 0. The summed E-state index contributed by atoms with van der Waals surface area (Å²) in [5.41, 5.74) is 7.56. The second kappa shape index (κ2) is 8.10. The molecule has 2 aromatic heterocycles. The molecule has 0 fully saturated rings. The van der Waals surface area contributed by atoms with Crippen molar-refractivity contribution in [1.82, 2.24) is 15.0 Å². The van der Waals surface area contributed by atoms with Gasteiger partial charge in [-0.1, -0.05) is 78.9 Å². The maximum absolute atomic E-state index is 4.83. The van der Waals surface area contributed by atoms with Crippen LogP contribution in [0.25, 0.3) is 44.9 Å². The van der Waals surface area contributed by atoms with E-state index in [4.69, 9.17) is 4.98 Å². The monoisotopic (exact) mass is 385 g/mol. The summed E-state index contributed by atoms with van der Waals surface area (Å²) in [5.74, 6) is 0.718. The van der Waals surface area contributed by atoms with E-state index in [1.165, 1.54) is 11.1 Å². The molecule has 0 saturated heterocycles. The van der Waals surface area contributed by atoms with Gasteiger partial charge in [-0.15, -0.1) is 0 Å². The first-order valence-electron chi connectivity index (χ1n) is 9.86. The van der Waals surface area contributed by atoms with Crippen molar-refractivity contribution in [2.24, 2.45) is 0 Å². The number of rotatable bonds is 4. The van der Waals surface area contributed by atoms with Gasteiger partial charge in [0.1, 0.15) is 0 Å². The van der Waals surface area contributed by atoms with E-state index in [0.717, 1.165) is 33.8 Å². The Morgan fingerprint density at radius 3 is 1.97 bits per heavy atom. The van der Waals surface area contributed by atoms with Crippen molar-refractivity contribution in [2.45, 2.75) is 0 Å². The Morgan fingerprint density at radius 1 is 0.467 bits per heavy atom. The summed E-state index contributed by atoms with van der Waals surface area (Å²) in [7, 11) is 0. The van der Waals surface area contributed by atoms with Crippen molar-refractivity contribution in [3.63, 3.8) is 0 Å². The smallest absolute Gasteiger partial charge is 0.159 e. The van der Waals surface area contributed by atoms with Crippen LogP contribution in [-0.4, -0.2) is 15.0 Å². The molecule has 2 heterocycles. The highest BCUT2D eigenvalue weighted by Crippen LogP contribution is 2.27. The van der Waals surface area contributed by atoms with E-state index in [-0.39, 0.29) is 0 Å². The van der Waals surface area contributed by atoms with Gasteiger partial charge in [-0.3, -0.25) is 4.98 Å². The molecule has 0 spiro atoms. The Morgan fingerprint density at radius 2 is 1.17 bits per heavy atom. The summed E-state index contributed by atoms with van der Waals surface area (Å²) in [6.45, 7) is 0. The Bertz CT molecular complexity index is 1260. The molecule has 3 heteroatoms. The Kier molecular flexibility index (Phi) is 4.84. The van der Waals surface area contributed by atoms with Crippen LogP contribution in [0, 0.1) is 0 Å². The number of hydrogen-bond donors (Lipinski definition) is 0. The predicted octanol–water partition coefficient (Wildman–Crippen LogP) is 6.54. The van der Waals surface area contributed by atoms with Crippen LogP contribution in [0.2, 0.25) is 0 Å². The predicted molar refractivity (Wildman–Crippen MR) is 122 cm³/mol. The van der Waals surface area contributed by atoms with Gasteiger partial charge in [0.05, 0.1) is 5.69 Å². The van der Waals surface area contributed by atoms with Gasteiger partial charge < -0.3 is 0 Å². The molecule has 0 saturated carbocycles. The van der Waals surface area contributed by atoms with E-state index < -0.39 is 0 Å². The highest BCUT2D eigenvalue weighted by Gasteiger charge is 2.07. The lowest BCUT2D eigenvalue weighted by atomic mass is 10.0. The number of pyridine rings is 1. The van der Waals surface area contributed by atoms with E-state index >= 15 is 0 Å². The molecule has 142 valence electrons. The van der Waals surface area contributed by atoms with Crippen LogP contribution < -0.4 is 0 Å². The minimum Gasteiger partial charge on any atom is -0.264 e. The van der Waals surface area contributed by atoms with E-state index in [1.807, 2.05) is 30.6 Å². The molecule has 0 bridgehead atoms. The number of hydrogen-bond acceptors (Lipinski definition) is 3. The fraction of sp³-hybridized carbons (Fsp3) is 0. The van der Waals surface area contributed by atoms with Gasteiger partial charge in [-0.25, -0.2) is 9.97 Å². The number of nitrogens with zero attached hydrogens (tertiary/aromatic N) is 3. The SMILES string of the molecule is c1ccc(-c2cccc(-c3ccnc(-c4ccc(-c5cccnc5)cc4)n3)c2)cc1. The summed E-state index contributed by atoms with van der Waals surface area (Å²) >= 11 is 0. The maximum atomic E-state index is 4.83. The molecule has 0 aliphatic rings. The molecule has 0 atom stereocenters. The third kappa shape index (κ3) is 3.74. The number of aromatic nitrogens is 3. The topological polar surface area (TPSA) is 38.7 Å². The molecular formula is C27H19N3. The standard InChI is InChI=1S/C27H19N3/c1-2-6-20(7-3-1)23-8-4-9-24(18-23)26-15-17-29-27(30-26)22-13-11-21(12-14-22)25-10-5-16-28-19-25/h1-19H. The third-order valence-corrected chi connectivity index (χ3v) is 5.06. The van der Waals surface area contributed by atoms with Crippen LogP contribution in [0.1, 0.15) is 0 Å². The van der Waals surface area contributed by atoms with Crippen molar-refractivity contribution in [3.05, 3.63) is 116 Å². The maximum Gasteiger partial charge on any atom is 0.159 e. The Balaban J connectivity index is 1.46. The molecule has 5 rings (SSSR count). The van der Waals surface area contributed by atoms with Gasteiger partial charge in [-0.2, -0.15) is 0 Å². The molecule has 0 aliphatic carbocycles. The molecule has 3 nitrogen and oxygen atoms in total. The van der Waals surface area contributed by atoms with Crippen LogP contribution in [-0.2, 0) is 0 Å². The second-order valence-corrected chi connectivity index (χ2v) is 7.03. The summed E-state index contributed by atoms with van der Waals surface area (Å²) in [6.07, 6.45) is 5.47. The summed E-state index contributed by atoms with van der Waals surface area (Å²) in [4.78, 5) is 13.5. The first-order valence-corrected chi connectivity index (χ1v) is 9.86. The van der Waals surface area contributed by atoms with Gasteiger partial charge in [0.2, 0.25) is 0 Å². The van der Waals surface area contributed by atoms with Crippen LogP contribution in [0.4, 0.5) is 0 Å². The molecular weight excluding hydrogens is 366 g/mol. The first kappa shape index (κ1) is 18.0. The molecule has 0 aliphatic heterocycles. The quantitative estimate of drug-likeness (QED) is 0.352. The number of benzene rings is 3. The summed E-state index contributed by atoms with van der Waals surface area (Å²) in [6, 6.07) is 33.1. The lowest BCUT2D eigenvalue weighted by Gasteiger charge is -2.08. The third-order valence-electron chi connectivity index (χ3n) is 5.06. The van der Waals surface area contributed by atoms with E-state index in [0.29, 0.717) is 0 Å². The molecule has 0 unspecified atom stereocenters. The lowest BCUT2D eigenvalue weighted by molar-refractivity contribution is 1.18. The zero-order valence-corrected chi connectivity index (χ0v) is 16.3. The normalized spacial score (nSPS) is 10.7. The molecule has 0 radical (unpaired) electrons. The van der Waals surface area contributed by atoms with Crippen LogP contribution in [0.3, 0.4) is 0 Å². The second-order valence-electron chi connectivity index (χ2n) is 7.03. The zero-order valence-electron chi connectivity index (χ0n) is 16.3. The van der Waals surface area contributed by atoms with Gasteiger partial charge in [0.15, 0.2) is 5.82 Å². The Hall–Kier alpha value is -4.11. The van der Waals surface area contributed by atoms with Gasteiger partial charge in [0.25, 0.3) is 0 Å². The van der Waals surface area contributed by atoms with Crippen molar-refractivity contribution < 1.29 is 0 Å². The molecule has 3 aromatic carbocycles. The Labute approximate surface area is 175 Å². The average Bonchev–Trinajstić information content (AvgIpc) is 2.85. The minimum absolute atomic E-state index is 0.718. The van der Waals surface area contributed by atoms with Gasteiger partial charge >= 0.3 is 0 Å².